The number of nitrogens with zero attached hydrogens (tertiary/aromatic N) is 2. The van der Waals surface area contributed by atoms with Gasteiger partial charge >= 0.3 is 5.97 Å². The van der Waals surface area contributed by atoms with Gasteiger partial charge in [-0.3, -0.25) is 0 Å². The van der Waals surface area contributed by atoms with Gasteiger partial charge in [-0.05, 0) is 25.1 Å². The summed E-state index contributed by atoms with van der Waals surface area (Å²) in [6, 6.07) is 4.02. The zero-order valence-corrected chi connectivity index (χ0v) is 13.0. The minimum Gasteiger partial charge on any atom is -0.478 e. The second-order valence-corrected chi connectivity index (χ2v) is 6.64. The van der Waals surface area contributed by atoms with E-state index in [2.05, 4.69) is 5.92 Å². The summed E-state index contributed by atoms with van der Waals surface area (Å²) >= 11 is 0. The number of benzene rings is 1. The third kappa shape index (κ3) is 3.54. The highest BCUT2D eigenvalue weighted by molar-refractivity contribution is 7.89. The minimum atomic E-state index is -3.68. The topological polar surface area (TPSA) is 77.9 Å². The first-order chi connectivity index (χ1) is 9.75. The van der Waals surface area contributed by atoms with Gasteiger partial charge in [-0.15, -0.1) is 6.42 Å². The number of hydrogen-bond acceptors (Lipinski definition) is 4. The Bertz CT molecular complexity index is 675. The van der Waals surface area contributed by atoms with E-state index in [0.717, 1.165) is 10.4 Å². The number of rotatable bonds is 6. The Morgan fingerprint density at radius 2 is 2.00 bits per heavy atom. The molecule has 0 fully saturated rings. The van der Waals surface area contributed by atoms with Gasteiger partial charge in [-0.1, -0.05) is 5.92 Å². The highest BCUT2D eigenvalue weighted by atomic mass is 32.2. The molecular weight excluding hydrogens is 292 g/mol. The van der Waals surface area contributed by atoms with E-state index in [1.165, 1.54) is 26.2 Å². The van der Waals surface area contributed by atoms with Gasteiger partial charge in [-0.2, -0.15) is 0 Å². The van der Waals surface area contributed by atoms with E-state index >= 15 is 0 Å². The van der Waals surface area contributed by atoms with Crippen LogP contribution < -0.4 is 4.90 Å². The van der Waals surface area contributed by atoms with E-state index in [1.54, 1.807) is 4.90 Å². The van der Waals surface area contributed by atoms with E-state index in [1.807, 2.05) is 6.92 Å². The van der Waals surface area contributed by atoms with E-state index in [-0.39, 0.29) is 17.0 Å². The summed E-state index contributed by atoms with van der Waals surface area (Å²) in [5.74, 6) is 1.26. The molecule has 1 rings (SSSR count). The normalized spacial score (nSPS) is 11.2. The lowest BCUT2D eigenvalue weighted by Gasteiger charge is -2.23. The summed E-state index contributed by atoms with van der Waals surface area (Å²) in [4.78, 5) is 13.0. The maximum absolute atomic E-state index is 12.1. The molecule has 0 amide bonds. The molecule has 0 heterocycles. The molecule has 1 aromatic carbocycles. The van der Waals surface area contributed by atoms with Gasteiger partial charge in [0.05, 0.1) is 22.7 Å². The van der Waals surface area contributed by atoms with Gasteiger partial charge in [0.15, 0.2) is 0 Å². The number of carboxylic acids is 1. The Hall–Kier alpha value is -2.04. The molecule has 0 spiro atoms. The van der Waals surface area contributed by atoms with Crippen LogP contribution in [0.15, 0.2) is 23.1 Å². The molecule has 114 valence electrons. The van der Waals surface area contributed by atoms with Crippen molar-refractivity contribution >= 4 is 21.7 Å². The van der Waals surface area contributed by atoms with Crippen molar-refractivity contribution in [1.29, 1.82) is 0 Å². The van der Waals surface area contributed by atoms with Gasteiger partial charge in [-0.25, -0.2) is 17.5 Å². The summed E-state index contributed by atoms with van der Waals surface area (Å²) in [6.45, 7) is 2.61. The molecule has 21 heavy (non-hydrogen) atoms. The highest BCUT2D eigenvalue weighted by Gasteiger charge is 2.22. The fourth-order valence-corrected chi connectivity index (χ4v) is 2.74. The minimum absolute atomic E-state index is 0.0644. The van der Waals surface area contributed by atoms with Crippen LogP contribution in [0.1, 0.15) is 17.3 Å². The molecule has 0 aliphatic carbocycles. The smallest absolute Gasteiger partial charge is 0.337 e. The third-order valence-corrected chi connectivity index (χ3v) is 4.79. The monoisotopic (exact) mass is 310 g/mol. The number of aromatic carboxylic acids is 1. The first-order valence-electron chi connectivity index (χ1n) is 6.24. The molecule has 6 nitrogen and oxygen atoms in total. The van der Waals surface area contributed by atoms with Crippen molar-refractivity contribution in [3.8, 4) is 12.3 Å². The van der Waals surface area contributed by atoms with Crippen LogP contribution in [-0.2, 0) is 10.0 Å². The molecule has 1 N–H and O–H groups in total. The van der Waals surface area contributed by atoms with Crippen molar-refractivity contribution in [3.05, 3.63) is 23.8 Å². The van der Waals surface area contributed by atoms with Crippen molar-refractivity contribution in [2.45, 2.75) is 11.8 Å². The maximum Gasteiger partial charge on any atom is 0.337 e. The molecule has 1 aromatic rings. The van der Waals surface area contributed by atoms with Crippen LogP contribution in [0.3, 0.4) is 0 Å². The predicted molar refractivity (Wildman–Crippen MR) is 81.0 cm³/mol. The second-order valence-electron chi connectivity index (χ2n) is 4.49. The Labute approximate surface area is 125 Å². The van der Waals surface area contributed by atoms with E-state index in [4.69, 9.17) is 6.42 Å². The average molecular weight is 310 g/mol. The fraction of sp³-hybridized carbons (Fsp3) is 0.357. The number of terminal acetylenes is 1. The molecule has 0 saturated heterocycles. The summed E-state index contributed by atoms with van der Waals surface area (Å²) < 4.78 is 25.2. The quantitative estimate of drug-likeness (QED) is 0.796. The van der Waals surface area contributed by atoms with E-state index < -0.39 is 16.0 Å². The van der Waals surface area contributed by atoms with Crippen molar-refractivity contribution in [2.75, 3.05) is 32.1 Å². The Balaban J connectivity index is 3.46. The van der Waals surface area contributed by atoms with Gasteiger partial charge < -0.3 is 10.0 Å². The second kappa shape index (κ2) is 6.61. The molecule has 0 radical (unpaired) electrons. The van der Waals surface area contributed by atoms with Crippen molar-refractivity contribution < 1.29 is 18.3 Å². The summed E-state index contributed by atoms with van der Waals surface area (Å²) in [5, 5.41) is 9.32. The van der Waals surface area contributed by atoms with Crippen molar-refractivity contribution in [3.63, 3.8) is 0 Å². The van der Waals surface area contributed by atoms with Crippen LogP contribution >= 0.6 is 0 Å². The number of carbonyl (C=O) groups is 1. The van der Waals surface area contributed by atoms with Crippen LogP contribution in [-0.4, -0.2) is 51.0 Å². The first-order valence-corrected chi connectivity index (χ1v) is 7.68. The number of anilines is 1. The molecular formula is C14H18N2O4S. The lowest BCUT2D eigenvalue weighted by atomic mass is 10.1. The van der Waals surface area contributed by atoms with Gasteiger partial charge in [0, 0.05) is 20.6 Å². The Morgan fingerprint density at radius 3 is 2.43 bits per heavy atom. The van der Waals surface area contributed by atoms with E-state index in [9.17, 15) is 18.3 Å². The number of carboxylic acid groups (broad SMARTS) is 1. The van der Waals surface area contributed by atoms with Crippen LogP contribution in [0.4, 0.5) is 5.69 Å². The zero-order valence-electron chi connectivity index (χ0n) is 12.2. The van der Waals surface area contributed by atoms with Crippen molar-refractivity contribution in [1.82, 2.24) is 4.31 Å². The van der Waals surface area contributed by atoms with Crippen molar-refractivity contribution in [2.24, 2.45) is 0 Å². The fourth-order valence-electron chi connectivity index (χ4n) is 1.81. The van der Waals surface area contributed by atoms with Crippen LogP contribution in [0, 0.1) is 12.3 Å². The molecule has 0 saturated carbocycles. The predicted octanol–water partition coefficient (Wildman–Crippen LogP) is 1.09. The highest BCUT2D eigenvalue weighted by Crippen LogP contribution is 2.25. The Morgan fingerprint density at radius 1 is 1.38 bits per heavy atom. The van der Waals surface area contributed by atoms with Crippen LogP contribution in [0.25, 0.3) is 0 Å². The molecule has 0 aliphatic heterocycles. The Kier molecular flexibility index (Phi) is 5.35. The summed E-state index contributed by atoms with van der Waals surface area (Å²) in [5.41, 5.74) is 0.315. The SMILES string of the molecule is C#CCN(CC)c1ccc(S(=O)(=O)N(C)C)cc1C(=O)O. The maximum atomic E-state index is 12.1. The number of sulfonamides is 1. The van der Waals surface area contributed by atoms with Crippen LogP contribution in [0.5, 0.6) is 0 Å². The lowest BCUT2D eigenvalue weighted by molar-refractivity contribution is 0.0697. The van der Waals surface area contributed by atoms with Crippen LogP contribution in [0.2, 0.25) is 0 Å². The lowest BCUT2D eigenvalue weighted by Crippen LogP contribution is -2.26. The average Bonchev–Trinajstić information content (AvgIpc) is 2.43. The standard InChI is InChI=1S/C14H18N2O4S/c1-5-9-16(6-2)13-8-7-11(10-12(13)14(17)18)21(19,20)15(3)4/h1,7-8,10H,6,9H2,2-4H3,(H,17,18). The van der Waals surface area contributed by atoms with Gasteiger partial charge in [0.1, 0.15) is 0 Å². The first kappa shape index (κ1) is 17.0. The van der Waals surface area contributed by atoms with Gasteiger partial charge in [0.25, 0.3) is 0 Å². The molecule has 0 aromatic heterocycles. The van der Waals surface area contributed by atoms with E-state index in [0.29, 0.717) is 12.2 Å². The molecule has 0 aliphatic rings. The molecule has 0 unspecified atom stereocenters. The summed E-state index contributed by atoms with van der Waals surface area (Å²) in [7, 11) is -0.905. The molecule has 0 bridgehead atoms. The number of hydrogen-bond donors (Lipinski definition) is 1. The van der Waals surface area contributed by atoms with Gasteiger partial charge in [0.2, 0.25) is 10.0 Å². The molecule has 7 heteroatoms. The summed E-state index contributed by atoms with van der Waals surface area (Å²) in [6.07, 6.45) is 5.27. The largest absolute Gasteiger partial charge is 0.478 e. The molecule has 0 atom stereocenters. The zero-order chi connectivity index (χ0) is 16.2. The third-order valence-electron chi connectivity index (χ3n) is 2.98.